The Bertz CT molecular complexity index is 325. The lowest BCUT2D eigenvalue weighted by molar-refractivity contribution is -0.359. The predicted octanol–water partition coefficient (Wildman–Crippen LogP) is 1.24. The number of carbonyl (C=O) groups is 1. The summed E-state index contributed by atoms with van der Waals surface area (Å²) in [6.45, 7) is 5.51. The molecule has 2 aliphatic rings. The standard InChI is InChI=1S/C12H19IO6/c1-6(14)16-9(4-13)11-12-10(17-8(3)19-11)5-15-7(2)18-12/h7-12H,4-5H2,1-3H3/t7?,8?,9-,10-,11+,12-/m0/s1. The molecule has 0 aromatic carbocycles. The smallest absolute Gasteiger partial charge is 0.303 e. The van der Waals surface area contributed by atoms with Crippen molar-refractivity contribution < 1.29 is 28.5 Å². The van der Waals surface area contributed by atoms with Crippen LogP contribution in [0.25, 0.3) is 0 Å². The second kappa shape index (κ2) is 6.66. The Balaban J connectivity index is 2.12. The molecular formula is C12H19IO6. The average molecular weight is 386 g/mol. The summed E-state index contributed by atoms with van der Waals surface area (Å²) in [4.78, 5) is 11.2. The van der Waals surface area contributed by atoms with Crippen LogP contribution in [0.5, 0.6) is 0 Å². The number of alkyl halides is 1. The Labute approximate surface area is 126 Å². The molecule has 0 bridgehead atoms. The molecule has 0 aromatic rings. The molecule has 6 nitrogen and oxygen atoms in total. The van der Waals surface area contributed by atoms with Crippen molar-refractivity contribution in [2.45, 2.75) is 57.8 Å². The summed E-state index contributed by atoms with van der Waals surface area (Å²) >= 11 is 2.18. The molecular weight excluding hydrogens is 367 g/mol. The number of fused-ring (bicyclic) bond motifs is 1. The van der Waals surface area contributed by atoms with Gasteiger partial charge in [0, 0.05) is 11.4 Å². The number of halogens is 1. The number of hydrogen-bond acceptors (Lipinski definition) is 6. The van der Waals surface area contributed by atoms with Gasteiger partial charge in [-0.2, -0.15) is 0 Å². The van der Waals surface area contributed by atoms with E-state index in [0.717, 1.165) is 0 Å². The highest BCUT2D eigenvalue weighted by Crippen LogP contribution is 2.30. The SMILES string of the molecule is CC(=O)O[C@@H](CI)[C@H]1OC(C)O[C@H]2COC(C)O[C@H]12. The minimum absolute atomic E-state index is 0.189. The number of carbonyl (C=O) groups excluding carboxylic acids is 1. The van der Waals surface area contributed by atoms with Gasteiger partial charge in [0.1, 0.15) is 24.4 Å². The Kier molecular flexibility index (Phi) is 5.41. The van der Waals surface area contributed by atoms with Crippen molar-refractivity contribution in [3.05, 3.63) is 0 Å². The van der Waals surface area contributed by atoms with Gasteiger partial charge in [0.2, 0.25) is 0 Å². The fourth-order valence-corrected chi connectivity index (χ4v) is 3.04. The van der Waals surface area contributed by atoms with E-state index in [0.29, 0.717) is 11.0 Å². The first-order valence-electron chi connectivity index (χ1n) is 6.32. The van der Waals surface area contributed by atoms with E-state index >= 15 is 0 Å². The van der Waals surface area contributed by atoms with Gasteiger partial charge in [-0.05, 0) is 13.8 Å². The minimum atomic E-state index is -0.368. The summed E-state index contributed by atoms with van der Waals surface area (Å²) in [5.74, 6) is -0.318. The van der Waals surface area contributed by atoms with Crippen molar-refractivity contribution in [1.82, 2.24) is 0 Å². The third kappa shape index (κ3) is 3.78. The predicted molar refractivity (Wildman–Crippen MR) is 73.9 cm³/mol. The van der Waals surface area contributed by atoms with Crippen LogP contribution < -0.4 is 0 Å². The van der Waals surface area contributed by atoms with Crippen LogP contribution in [0.4, 0.5) is 0 Å². The van der Waals surface area contributed by atoms with Crippen LogP contribution >= 0.6 is 22.6 Å². The van der Waals surface area contributed by atoms with Crippen molar-refractivity contribution in [2.24, 2.45) is 0 Å². The van der Waals surface area contributed by atoms with E-state index in [1.807, 2.05) is 13.8 Å². The maximum absolute atomic E-state index is 11.2. The van der Waals surface area contributed by atoms with E-state index in [-0.39, 0.29) is 43.0 Å². The van der Waals surface area contributed by atoms with Crippen molar-refractivity contribution >= 4 is 28.6 Å². The quantitative estimate of drug-likeness (QED) is 0.413. The number of ether oxygens (including phenoxy) is 5. The highest BCUT2D eigenvalue weighted by molar-refractivity contribution is 14.1. The number of esters is 1. The van der Waals surface area contributed by atoms with Crippen molar-refractivity contribution in [3.8, 4) is 0 Å². The summed E-state index contributed by atoms with van der Waals surface area (Å²) in [6, 6.07) is 0. The van der Waals surface area contributed by atoms with Gasteiger partial charge in [0.15, 0.2) is 12.6 Å². The lowest BCUT2D eigenvalue weighted by atomic mass is 10.0. The molecule has 0 spiro atoms. The van der Waals surface area contributed by atoms with Gasteiger partial charge in [0.25, 0.3) is 0 Å². The number of rotatable bonds is 3. The van der Waals surface area contributed by atoms with E-state index < -0.39 is 0 Å². The molecule has 6 atom stereocenters. The summed E-state index contributed by atoms with van der Waals surface area (Å²) in [7, 11) is 0. The molecule has 2 unspecified atom stereocenters. The lowest BCUT2D eigenvalue weighted by Crippen LogP contribution is -2.60. The van der Waals surface area contributed by atoms with Crippen LogP contribution in [0, 0.1) is 0 Å². The molecule has 19 heavy (non-hydrogen) atoms. The molecule has 2 rings (SSSR count). The molecule has 0 aromatic heterocycles. The normalized spacial score (nSPS) is 40.3. The molecule has 0 saturated carbocycles. The first kappa shape index (κ1) is 15.4. The van der Waals surface area contributed by atoms with E-state index in [1.165, 1.54) is 6.92 Å². The molecule has 2 heterocycles. The van der Waals surface area contributed by atoms with E-state index in [4.69, 9.17) is 23.7 Å². The van der Waals surface area contributed by atoms with Gasteiger partial charge in [0.05, 0.1) is 6.61 Å². The third-order valence-electron chi connectivity index (χ3n) is 3.09. The average Bonchev–Trinajstić information content (AvgIpc) is 2.35. The summed E-state index contributed by atoms with van der Waals surface area (Å²) in [6.07, 6.45) is -1.82. The topological polar surface area (TPSA) is 63.2 Å². The Morgan fingerprint density at radius 1 is 1.32 bits per heavy atom. The third-order valence-corrected chi connectivity index (χ3v) is 3.95. The maximum atomic E-state index is 11.2. The summed E-state index contributed by atoms with van der Waals surface area (Å²) < 4.78 is 28.6. The summed E-state index contributed by atoms with van der Waals surface area (Å²) in [5.41, 5.74) is 0. The van der Waals surface area contributed by atoms with Crippen LogP contribution in [-0.4, -0.2) is 54.0 Å². The zero-order valence-corrected chi connectivity index (χ0v) is 13.4. The molecule has 110 valence electrons. The van der Waals surface area contributed by atoms with E-state index in [1.54, 1.807) is 0 Å². The van der Waals surface area contributed by atoms with Gasteiger partial charge in [-0.1, -0.05) is 22.6 Å². The zero-order chi connectivity index (χ0) is 14.0. The first-order chi connectivity index (χ1) is 9.01. The molecule has 0 N–H and O–H groups in total. The van der Waals surface area contributed by atoms with Crippen LogP contribution in [0.1, 0.15) is 20.8 Å². The lowest BCUT2D eigenvalue weighted by Gasteiger charge is -2.46. The Morgan fingerprint density at radius 3 is 2.68 bits per heavy atom. The Hall–Kier alpha value is 0.0400. The molecule has 0 aliphatic carbocycles. The molecule has 2 fully saturated rings. The van der Waals surface area contributed by atoms with Crippen LogP contribution in [0.2, 0.25) is 0 Å². The van der Waals surface area contributed by atoms with Gasteiger partial charge in [-0.25, -0.2) is 0 Å². The second-order valence-electron chi connectivity index (χ2n) is 4.65. The van der Waals surface area contributed by atoms with E-state index in [2.05, 4.69) is 22.6 Å². The molecule has 7 heteroatoms. The van der Waals surface area contributed by atoms with Crippen molar-refractivity contribution in [2.75, 3.05) is 11.0 Å². The molecule has 0 radical (unpaired) electrons. The minimum Gasteiger partial charge on any atom is -0.459 e. The Morgan fingerprint density at radius 2 is 2.05 bits per heavy atom. The van der Waals surface area contributed by atoms with Gasteiger partial charge in [-0.3, -0.25) is 4.79 Å². The highest BCUT2D eigenvalue weighted by Gasteiger charge is 2.47. The van der Waals surface area contributed by atoms with E-state index in [9.17, 15) is 4.79 Å². The molecule has 0 amide bonds. The molecule has 2 aliphatic heterocycles. The van der Waals surface area contributed by atoms with Crippen molar-refractivity contribution in [3.63, 3.8) is 0 Å². The van der Waals surface area contributed by atoms with Gasteiger partial charge in [-0.15, -0.1) is 0 Å². The van der Waals surface area contributed by atoms with Crippen molar-refractivity contribution in [1.29, 1.82) is 0 Å². The highest BCUT2D eigenvalue weighted by atomic mass is 127. The summed E-state index contributed by atoms with van der Waals surface area (Å²) in [5, 5.41) is 0. The fourth-order valence-electron chi connectivity index (χ4n) is 2.35. The van der Waals surface area contributed by atoms with Crippen LogP contribution in [-0.2, 0) is 28.5 Å². The fraction of sp³-hybridized carbons (Fsp3) is 0.917. The zero-order valence-electron chi connectivity index (χ0n) is 11.2. The largest absolute Gasteiger partial charge is 0.459 e. The van der Waals surface area contributed by atoms with Crippen LogP contribution in [0.3, 0.4) is 0 Å². The van der Waals surface area contributed by atoms with Crippen LogP contribution in [0.15, 0.2) is 0 Å². The van der Waals surface area contributed by atoms with Gasteiger partial charge >= 0.3 is 5.97 Å². The van der Waals surface area contributed by atoms with Gasteiger partial charge < -0.3 is 23.7 Å². The number of hydrogen-bond donors (Lipinski definition) is 0. The second-order valence-corrected chi connectivity index (χ2v) is 5.53. The molecule has 2 saturated heterocycles. The monoisotopic (exact) mass is 386 g/mol. The first-order valence-corrected chi connectivity index (χ1v) is 7.85. The maximum Gasteiger partial charge on any atom is 0.303 e.